The van der Waals surface area contributed by atoms with Crippen molar-refractivity contribution in [3.8, 4) is 5.75 Å². The molecule has 0 bridgehead atoms. The van der Waals surface area contributed by atoms with E-state index in [2.05, 4.69) is 16.1 Å². The number of benzene rings is 2. The van der Waals surface area contributed by atoms with Crippen LogP contribution in [0.2, 0.25) is 5.02 Å². The number of carbonyl (C=O) groups is 1. The average Bonchev–Trinajstić information content (AvgIpc) is 3.41. The third-order valence-corrected chi connectivity index (χ3v) is 7.59. The molecule has 0 saturated carbocycles. The quantitative estimate of drug-likeness (QED) is 0.399. The number of halogens is 1. The summed E-state index contributed by atoms with van der Waals surface area (Å²) in [5, 5.41) is 6.44. The maximum Gasteiger partial charge on any atom is 0.264 e. The Hall–Kier alpha value is -3.03. The third-order valence-electron chi connectivity index (χ3n) is 6.09. The fourth-order valence-electron chi connectivity index (χ4n) is 4.31. The van der Waals surface area contributed by atoms with Crippen LogP contribution in [0.5, 0.6) is 5.75 Å². The fraction of sp³-hybridized carbons (Fsp3) is 0.280. The first-order valence-corrected chi connectivity index (χ1v) is 12.1. The summed E-state index contributed by atoms with van der Waals surface area (Å²) in [5.41, 5.74) is 3.01. The molecule has 3 heterocycles. The van der Waals surface area contributed by atoms with Crippen molar-refractivity contribution >= 4 is 44.7 Å². The second kappa shape index (κ2) is 9.08. The maximum atomic E-state index is 13.3. The van der Waals surface area contributed by atoms with Crippen molar-refractivity contribution in [2.75, 3.05) is 38.2 Å². The zero-order chi connectivity index (χ0) is 22.9. The van der Waals surface area contributed by atoms with Crippen LogP contribution in [0, 0.1) is 6.92 Å². The summed E-state index contributed by atoms with van der Waals surface area (Å²) in [6.45, 7) is 5.46. The second-order valence-corrected chi connectivity index (χ2v) is 9.55. The van der Waals surface area contributed by atoms with E-state index in [0.717, 1.165) is 55.9 Å². The Morgan fingerprint density at radius 2 is 1.82 bits per heavy atom. The fourth-order valence-corrected chi connectivity index (χ4v) is 5.63. The van der Waals surface area contributed by atoms with Crippen LogP contribution >= 0.6 is 22.9 Å². The Bertz CT molecular complexity index is 1310. The minimum absolute atomic E-state index is 0.0829. The summed E-state index contributed by atoms with van der Waals surface area (Å²) in [4.78, 5) is 19.3. The van der Waals surface area contributed by atoms with Gasteiger partial charge in [0.15, 0.2) is 0 Å². The van der Waals surface area contributed by atoms with Crippen LogP contribution in [0.3, 0.4) is 0 Å². The van der Waals surface area contributed by atoms with Gasteiger partial charge in [-0.1, -0.05) is 41.9 Å². The van der Waals surface area contributed by atoms with Crippen LogP contribution in [0.4, 0.5) is 5.69 Å². The van der Waals surface area contributed by atoms with Crippen molar-refractivity contribution in [2.45, 2.75) is 13.5 Å². The number of ether oxygens (including phenoxy) is 1. The zero-order valence-electron chi connectivity index (χ0n) is 18.6. The molecule has 0 N–H and O–H groups in total. The molecule has 2 aromatic heterocycles. The predicted molar refractivity (Wildman–Crippen MR) is 134 cm³/mol. The lowest BCUT2D eigenvalue weighted by Gasteiger charge is -2.36. The van der Waals surface area contributed by atoms with Crippen molar-refractivity contribution in [1.82, 2.24) is 14.7 Å². The van der Waals surface area contributed by atoms with E-state index in [1.165, 1.54) is 11.3 Å². The highest BCUT2D eigenvalue weighted by Crippen LogP contribution is 2.32. The van der Waals surface area contributed by atoms with Gasteiger partial charge in [-0.2, -0.15) is 5.10 Å². The molecular weight excluding hydrogens is 456 g/mol. The SMILES string of the molecule is COc1ccccc1N1CCN(C(=O)c2cc3c(C)nn(Cc4ccccc4Cl)c3s2)CC1. The second-order valence-electron chi connectivity index (χ2n) is 8.12. The van der Waals surface area contributed by atoms with Gasteiger partial charge in [-0.25, -0.2) is 0 Å². The number of hydrogen-bond donors (Lipinski definition) is 0. The zero-order valence-corrected chi connectivity index (χ0v) is 20.2. The van der Waals surface area contributed by atoms with E-state index in [9.17, 15) is 4.79 Å². The Balaban J connectivity index is 1.33. The number of methoxy groups -OCH3 is 1. The molecule has 0 unspecified atom stereocenters. The highest BCUT2D eigenvalue weighted by molar-refractivity contribution is 7.20. The molecule has 0 radical (unpaired) electrons. The molecule has 1 saturated heterocycles. The number of rotatable bonds is 5. The summed E-state index contributed by atoms with van der Waals surface area (Å²) in [7, 11) is 1.69. The standard InChI is InChI=1S/C25H25ClN4O2S/c1-17-19-15-23(33-25(19)30(27-17)16-18-7-3-4-8-20(18)26)24(31)29-13-11-28(12-14-29)21-9-5-6-10-22(21)32-2/h3-10,15H,11-14,16H2,1-2H3. The number of anilines is 1. The van der Waals surface area contributed by atoms with Gasteiger partial charge in [0.05, 0.1) is 29.9 Å². The largest absolute Gasteiger partial charge is 0.495 e. The highest BCUT2D eigenvalue weighted by Gasteiger charge is 2.26. The Morgan fingerprint density at radius 1 is 1.09 bits per heavy atom. The lowest BCUT2D eigenvalue weighted by Crippen LogP contribution is -2.48. The molecular formula is C25H25ClN4O2S. The van der Waals surface area contributed by atoms with Gasteiger partial charge >= 0.3 is 0 Å². The Morgan fingerprint density at radius 3 is 2.58 bits per heavy atom. The van der Waals surface area contributed by atoms with Crippen LogP contribution in [0.15, 0.2) is 54.6 Å². The van der Waals surface area contributed by atoms with Gasteiger partial charge in [-0.05, 0) is 36.8 Å². The smallest absolute Gasteiger partial charge is 0.264 e. The van der Waals surface area contributed by atoms with Crippen molar-refractivity contribution in [3.05, 3.63) is 75.8 Å². The first kappa shape index (κ1) is 21.8. The molecule has 1 aliphatic heterocycles. The minimum Gasteiger partial charge on any atom is -0.495 e. The van der Waals surface area contributed by atoms with Gasteiger partial charge < -0.3 is 14.5 Å². The van der Waals surface area contributed by atoms with Gasteiger partial charge in [0, 0.05) is 36.6 Å². The summed E-state index contributed by atoms with van der Waals surface area (Å²) in [5.74, 6) is 0.944. The number of fused-ring (bicyclic) bond motifs is 1. The van der Waals surface area contributed by atoms with E-state index < -0.39 is 0 Å². The molecule has 4 aromatic rings. The topological polar surface area (TPSA) is 50.6 Å². The number of aromatic nitrogens is 2. The summed E-state index contributed by atoms with van der Waals surface area (Å²) >= 11 is 7.86. The molecule has 1 amide bonds. The van der Waals surface area contributed by atoms with E-state index in [0.29, 0.717) is 19.6 Å². The lowest BCUT2D eigenvalue weighted by atomic mass is 10.2. The summed E-state index contributed by atoms with van der Waals surface area (Å²) in [6.07, 6.45) is 0. The van der Waals surface area contributed by atoms with Crippen molar-refractivity contribution in [2.24, 2.45) is 0 Å². The molecule has 6 nitrogen and oxygen atoms in total. The summed E-state index contributed by atoms with van der Waals surface area (Å²) in [6, 6.07) is 17.8. The normalized spacial score (nSPS) is 14.2. The van der Waals surface area contributed by atoms with E-state index in [-0.39, 0.29) is 5.91 Å². The van der Waals surface area contributed by atoms with Gasteiger partial charge in [0.25, 0.3) is 5.91 Å². The first-order chi connectivity index (χ1) is 16.0. The van der Waals surface area contributed by atoms with Gasteiger partial charge in [0.1, 0.15) is 10.6 Å². The van der Waals surface area contributed by atoms with Crippen molar-refractivity contribution in [1.29, 1.82) is 0 Å². The number of piperazine rings is 1. The first-order valence-electron chi connectivity index (χ1n) is 10.9. The number of carbonyl (C=O) groups excluding carboxylic acids is 1. The van der Waals surface area contributed by atoms with Crippen LogP contribution in [0.1, 0.15) is 20.9 Å². The van der Waals surface area contributed by atoms with E-state index >= 15 is 0 Å². The molecule has 0 spiro atoms. The maximum absolute atomic E-state index is 13.3. The molecule has 0 atom stereocenters. The Kier molecular flexibility index (Phi) is 6.00. The number of amides is 1. The third kappa shape index (κ3) is 4.18. The molecule has 1 aliphatic rings. The van der Waals surface area contributed by atoms with Crippen molar-refractivity contribution in [3.63, 3.8) is 0 Å². The van der Waals surface area contributed by atoms with E-state index in [1.54, 1.807) is 7.11 Å². The number of hydrogen-bond acceptors (Lipinski definition) is 5. The molecule has 0 aliphatic carbocycles. The summed E-state index contributed by atoms with van der Waals surface area (Å²) < 4.78 is 7.45. The minimum atomic E-state index is 0.0829. The number of thiophene rings is 1. The van der Waals surface area contributed by atoms with Crippen molar-refractivity contribution < 1.29 is 9.53 Å². The van der Waals surface area contributed by atoms with E-state index in [1.807, 2.05) is 65.0 Å². The molecule has 33 heavy (non-hydrogen) atoms. The number of aryl methyl sites for hydroxylation is 1. The number of nitrogens with zero attached hydrogens (tertiary/aromatic N) is 4. The predicted octanol–water partition coefficient (Wildman–Crippen LogP) is 5.08. The van der Waals surface area contributed by atoms with Gasteiger partial charge in [-0.3, -0.25) is 9.48 Å². The van der Waals surface area contributed by atoms with Crippen LogP contribution in [-0.2, 0) is 6.54 Å². The Labute approximate surface area is 201 Å². The van der Waals surface area contributed by atoms with Crippen LogP contribution < -0.4 is 9.64 Å². The molecule has 1 fully saturated rings. The average molecular weight is 481 g/mol. The van der Waals surface area contributed by atoms with Crippen LogP contribution in [-0.4, -0.2) is 53.9 Å². The number of para-hydroxylation sites is 2. The molecule has 8 heteroatoms. The molecule has 5 rings (SSSR count). The van der Waals surface area contributed by atoms with Gasteiger partial charge in [-0.15, -0.1) is 11.3 Å². The van der Waals surface area contributed by atoms with E-state index in [4.69, 9.17) is 16.3 Å². The monoisotopic (exact) mass is 480 g/mol. The molecule has 2 aromatic carbocycles. The lowest BCUT2D eigenvalue weighted by molar-refractivity contribution is 0.0751. The molecule has 170 valence electrons. The van der Waals surface area contributed by atoms with Gasteiger partial charge in [0.2, 0.25) is 0 Å². The highest BCUT2D eigenvalue weighted by atomic mass is 35.5. The van der Waals surface area contributed by atoms with Crippen LogP contribution in [0.25, 0.3) is 10.2 Å².